The van der Waals surface area contributed by atoms with Crippen molar-refractivity contribution >= 4 is 58.3 Å². The Labute approximate surface area is 234 Å². The molecule has 1 saturated carbocycles. The third-order valence-corrected chi connectivity index (χ3v) is 10.2. The summed E-state index contributed by atoms with van der Waals surface area (Å²) >= 11 is 14.2. The second-order valence-corrected chi connectivity index (χ2v) is 11.9. The molecule has 8 nitrogen and oxygen atoms in total. The molecule has 0 unspecified atom stereocenters. The molecule has 6 rings (SSSR count). The summed E-state index contributed by atoms with van der Waals surface area (Å²) in [5.41, 5.74) is 2.06. The van der Waals surface area contributed by atoms with E-state index in [-0.39, 0.29) is 30.3 Å². The summed E-state index contributed by atoms with van der Waals surface area (Å²) in [4.78, 5) is 64.5. The minimum atomic E-state index is -1.86. The fourth-order valence-electron chi connectivity index (χ4n) is 6.88. The second-order valence-electron chi connectivity index (χ2n) is 10.7. The molecule has 1 N–H and O–H groups in total. The number of aromatic hydroxyl groups is 1. The molecule has 6 atom stereocenters. The van der Waals surface area contributed by atoms with Crippen LogP contribution in [0.3, 0.4) is 0 Å². The molecule has 2 aliphatic heterocycles. The van der Waals surface area contributed by atoms with Gasteiger partial charge in [-0.1, -0.05) is 23.8 Å². The number of carbonyl (C=O) groups is 5. The van der Waals surface area contributed by atoms with E-state index in [2.05, 4.69) is 0 Å². The summed E-state index contributed by atoms with van der Waals surface area (Å²) in [5, 5.41) is 9.89. The van der Waals surface area contributed by atoms with Crippen molar-refractivity contribution in [1.29, 1.82) is 0 Å². The lowest BCUT2D eigenvalue weighted by atomic mass is 9.56. The first kappa shape index (κ1) is 25.8. The summed E-state index contributed by atoms with van der Waals surface area (Å²) in [7, 11) is 1.34. The first-order valence-electron chi connectivity index (χ1n) is 12.6. The van der Waals surface area contributed by atoms with E-state index in [0.717, 1.165) is 9.80 Å². The van der Waals surface area contributed by atoms with Gasteiger partial charge >= 0.3 is 0 Å². The van der Waals surface area contributed by atoms with Crippen LogP contribution in [0.15, 0.2) is 60.2 Å². The van der Waals surface area contributed by atoms with Gasteiger partial charge in [0.25, 0.3) is 11.8 Å². The number of fused-ring (bicyclic) bond motifs is 4. The number of ketones is 1. The van der Waals surface area contributed by atoms with Gasteiger partial charge in [-0.3, -0.25) is 33.8 Å². The lowest BCUT2D eigenvalue weighted by Crippen LogP contribution is -2.60. The average Bonchev–Trinajstić information content (AvgIpc) is 3.24. The molecular weight excluding hydrogens is 543 g/mol. The number of nitrogens with zero attached hydrogens (tertiary/aromatic N) is 2. The third kappa shape index (κ3) is 3.28. The van der Waals surface area contributed by atoms with E-state index in [1.54, 1.807) is 36.4 Å². The Kier molecular flexibility index (Phi) is 5.62. The van der Waals surface area contributed by atoms with Crippen molar-refractivity contribution in [2.24, 2.45) is 17.8 Å². The van der Waals surface area contributed by atoms with Gasteiger partial charge in [-0.15, -0.1) is 23.2 Å². The van der Waals surface area contributed by atoms with Gasteiger partial charge in [0.15, 0.2) is 15.5 Å². The molecule has 4 amide bonds. The molecule has 2 aromatic rings. The Balaban J connectivity index is 1.47. The summed E-state index contributed by atoms with van der Waals surface area (Å²) in [5.74, 6) is -5.18. The zero-order chi connectivity index (χ0) is 28.0. The highest BCUT2D eigenvalue weighted by molar-refractivity contribution is 6.53. The normalized spacial score (nSPS) is 33.6. The van der Waals surface area contributed by atoms with Gasteiger partial charge in [0.05, 0.1) is 17.5 Å². The number of benzene rings is 2. The van der Waals surface area contributed by atoms with Crippen molar-refractivity contribution in [3.05, 3.63) is 71.3 Å². The maximum absolute atomic E-state index is 13.9. The molecule has 2 aliphatic carbocycles. The van der Waals surface area contributed by atoms with E-state index >= 15 is 0 Å². The topological polar surface area (TPSA) is 112 Å². The van der Waals surface area contributed by atoms with E-state index < -0.39 is 51.1 Å². The number of allylic oxidation sites excluding steroid dienone is 2. The second kappa shape index (κ2) is 8.50. The molecular formula is C29H24Cl2N2O6. The predicted octanol–water partition coefficient (Wildman–Crippen LogP) is 3.79. The smallest absolute Gasteiger partial charge is 0.253 e. The molecule has 200 valence electrons. The van der Waals surface area contributed by atoms with Crippen molar-refractivity contribution in [3.8, 4) is 5.75 Å². The van der Waals surface area contributed by atoms with Gasteiger partial charge in [-0.2, -0.15) is 0 Å². The highest BCUT2D eigenvalue weighted by Gasteiger charge is 2.75. The molecule has 4 aliphatic rings. The van der Waals surface area contributed by atoms with E-state index in [9.17, 15) is 29.1 Å². The minimum absolute atomic E-state index is 0.0125. The van der Waals surface area contributed by atoms with E-state index in [1.807, 2.05) is 6.08 Å². The van der Waals surface area contributed by atoms with Gasteiger partial charge in [0.1, 0.15) is 5.75 Å². The van der Waals surface area contributed by atoms with Crippen molar-refractivity contribution in [2.75, 3.05) is 11.9 Å². The molecule has 2 aromatic carbocycles. The van der Waals surface area contributed by atoms with Crippen LogP contribution in [0.1, 0.15) is 41.6 Å². The van der Waals surface area contributed by atoms with Gasteiger partial charge in [-0.25, -0.2) is 0 Å². The van der Waals surface area contributed by atoms with Crippen LogP contribution in [0.2, 0.25) is 0 Å². The first-order valence-corrected chi connectivity index (χ1v) is 13.4. The molecule has 3 fully saturated rings. The van der Waals surface area contributed by atoms with Crippen molar-refractivity contribution in [1.82, 2.24) is 4.90 Å². The van der Waals surface area contributed by atoms with Crippen LogP contribution >= 0.6 is 23.2 Å². The van der Waals surface area contributed by atoms with Crippen LogP contribution in [-0.4, -0.2) is 56.2 Å². The summed E-state index contributed by atoms with van der Waals surface area (Å²) in [6.45, 7) is 1.43. The fraction of sp³-hybridized carbons (Fsp3) is 0.345. The maximum atomic E-state index is 13.9. The number of Topliss-reactive ketones (excluding diaryl/α,β-unsaturated/α-hetero) is 1. The van der Waals surface area contributed by atoms with Gasteiger partial charge in [-0.05, 0) is 67.6 Å². The zero-order valence-electron chi connectivity index (χ0n) is 21.1. The largest absolute Gasteiger partial charge is 0.508 e. The van der Waals surface area contributed by atoms with Crippen LogP contribution in [0, 0.1) is 17.8 Å². The Hall–Kier alpha value is -3.49. The number of carbonyl (C=O) groups excluding carboxylic acids is 5. The summed E-state index contributed by atoms with van der Waals surface area (Å²) < 4.78 is 0. The quantitative estimate of drug-likeness (QED) is 0.262. The Morgan fingerprint density at radius 3 is 2.18 bits per heavy atom. The summed E-state index contributed by atoms with van der Waals surface area (Å²) in [6, 6.07) is 12.4. The number of alkyl halides is 2. The number of hydrogen-bond donors (Lipinski definition) is 1. The third-order valence-electron chi connectivity index (χ3n) is 8.77. The van der Waals surface area contributed by atoms with Crippen LogP contribution in [-0.2, 0) is 19.2 Å². The molecule has 0 aromatic heterocycles. The standard InChI is InChI=1S/C29H24Cl2N2O6/c1-14(34)15-3-7-17(8-4-15)33-24(36)20-12-11-19-21(22(20)25(33)37)13-28(30)26(38)32(2)27(39)29(28,31)23(19)16-5-9-18(35)10-6-16/h3-11,20-23,35H,12-13H2,1-2H3/t20-,21+,22-,23-,28+,29-/m0/s1. The zero-order valence-corrected chi connectivity index (χ0v) is 22.6. The maximum Gasteiger partial charge on any atom is 0.253 e. The molecule has 2 saturated heterocycles. The lowest BCUT2D eigenvalue weighted by Gasteiger charge is -2.50. The summed E-state index contributed by atoms with van der Waals surface area (Å²) in [6.07, 6.45) is 2.01. The number of amides is 4. The minimum Gasteiger partial charge on any atom is -0.508 e. The molecule has 10 heteroatoms. The fourth-order valence-corrected chi connectivity index (χ4v) is 7.90. The van der Waals surface area contributed by atoms with Crippen LogP contribution in [0.25, 0.3) is 0 Å². The first-order chi connectivity index (χ1) is 18.4. The molecule has 39 heavy (non-hydrogen) atoms. The van der Waals surface area contributed by atoms with E-state index in [0.29, 0.717) is 22.4 Å². The molecule has 0 bridgehead atoms. The Morgan fingerprint density at radius 1 is 0.923 bits per heavy atom. The predicted molar refractivity (Wildman–Crippen MR) is 143 cm³/mol. The number of likely N-dealkylation sites (tertiary alicyclic amines) is 1. The number of rotatable bonds is 3. The number of imide groups is 2. The number of phenols is 1. The number of halogens is 2. The number of anilines is 1. The van der Waals surface area contributed by atoms with Crippen molar-refractivity contribution in [3.63, 3.8) is 0 Å². The SMILES string of the molecule is CC(=O)c1ccc(N2C(=O)[C@H]3[C@H](CC=C4[C@H]3C[C@@]3(Cl)C(=O)N(C)C(=O)[C@@]3(Cl)[C@H]4c3ccc(O)cc3)C2=O)cc1. The van der Waals surface area contributed by atoms with Crippen molar-refractivity contribution in [2.45, 2.75) is 35.4 Å². The highest BCUT2D eigenvalue weighted by Crippen LogP contribution is 2.65. The highest BCUT2D eigenvalue weighted by atomic mass is 35.5. The molecule has 2 heterocycles. The number of hydrogen-bond acceptors (Lipinski definition) is 6. The monoisotopic (exact) mass is 566 g/mol. The van der Waals surface area contributed by atoms with E-state index in [4.69, 9.17) is 23.2 Å². The van der Waals surface area contributed by atoms with Crippen LogP contribution in [0.5, 0.6) is 5.75 Å². The van der Waals surface area contributed by atoms with Gasteiger partial charge in [0, 0.05) is 18.5 Å². The van der Waals surface area contributed by atoms with Gasteiger partial charge < -0.3 is 5.11 Å². The molecule has 0 spiro atoms. The van der Waals surface area contributed by atoms with Crippen LogP contribution < -0.4 is 4.90 Å². The average molecular weight is 567 g/mol. The number of phenolic OH excluding ortho intramolecular Hbond substituents is 1. The van der Waals surface area contributed by atoms with Crippen LogP contribution in [0.4, 0.5) is 5.69 Å². The van der Waals surface area contributed by atoms with Crippen molar-refractivity contribution < 1.29 is 29.1 Å². The Morgan fingerprint density at radius 2 is 1.56 bits per heavy atom. The lowest BCUT2D eigenvalue weighted by molar-refractivity contribution is -0.138. The Bertz CT molecular complexity index is 1500. The van der Waals surface area contributed by atoms with Gasteiger partial charge in [0.2, 0.25) is 11.8 Å². The molecule has 0 radical (unpaired) electrons. The van der Waals surface area contributed by atoms with E-state index in [1.165, 1.54) is 26.1 Å².